The first-order chi connectivity index (χ1) is 9.29. The van der Waals surface area contributed by atoms with Crippen LogP contribution < -0.4 is 0 Å². The highest BCUT2D eigenvalue weighted by molar-refractivity contribution is 5.96. The van der Waals surface area contributed by atoms with Crippen LogP contribution >= 0.6 is 0 Å². The van der Waals surface area contributed by atoms with E-state index in [1.165, 1.54) is 23.1 Å². The Hall–Kier alpha value is -1.98. The number of halogens is 3. The van der Waals surface area contributed by atoms with Gasteiger partial charge in [-0.3, -0.25) is 4.79 Å². The Morgan fingerprint density at radius 3 is 2.55 bits per heavy atom. The molecule has 0 bridgehead atoms. The zero-order valence-corrected chi connectivity index (χ0v) is 10.9. The number of carbonyl (C=O) groups excluding carboxylic acids is 1. The Balaban J connectivity index is 2.14. The van der Waals surface area contributed by atoms with E-state index in [2.05, 4.69) is 0 Å². The van der Waals surface area contributed by atoms with Crippen LogP contribution in [0.5, 0.6) is 5.75 Å². The number of phenolic OH excluding ortho intramolecular Hbond substituents is 1. The van der Waals surface area contributed by atoms with E-state index in [9.17, 15) is 23.1 Å². The van der Waals surface area contributed by atoms with Gasteiger partial charge in [0.15, 0.2) is 0 Å². The quantitative estimate of drug-likeness (QED) is 0.806. The van der Waals surface area contributed by atoms with Gasteiger partial charge in [-0.25, -0.2) is 0 Å². The molecular weight excluding hydrogens is 271 g/mol. The molecule has 0 fully saturated rings. The molecule has 1 N–H and O–H groups in total. The number of carbonyl (C=O) groups is 1. The van der Waals surface area contributed by atoms with Crippen molar-refractivity contribution < 1.29 is 23.1 Å². The summed E-state index contributed by atoms with van der Waals surface area (Å²) in [6.45, 7) is 1.67. The maximum absolute atomic E-state index is 12.5. The summed E-state index contributed by atoms with van der Waals surface area (Å²) in [5, 5.41) is 9.29. The van der Waals surface area contributed by atoms with Gasteiger partial charge in [-0.15, -0.1) is 0 Å². The average molecular weight is 285 g/mol. The average Bonchev–Trinajstić information content (AvgIpc) is 2.37. The molecule has 1 aromatic rings. The Morgan fingerprint density at radius 1 is 1.35 bits per heavy atom. The number of nitrogens with zero attached hydrogens (tertiary/aromatic N) is 1. The van der Waals surface area contributed by atoms with Crippen molar-refractivity contribution in [3.8, 4) is 5.75 Å². The number of aromatic hydroxyl groups is 1. The molecule has 1 aromatic carbocycles. The van der Waals surface area contributed by atoms with E-state index in [0.717, 1.165) is 6.08 Å². The van der Waals surface area contributed by atoms with Crippen molar-refractivity contribution in [1.82, 2.24) is 4.90 Å². The summed E-state index contributed by atoms with van der Waals surface area (Å²) in [5.41, 5.74) is 0.413. The minimum atomic E-state index is -4.32. The second kappa shape index (κ2) is 5.19. The standard InChI is InChI=1S/C14H14F3NO2/c1-9-8-11(19)2-3-12(9)13(20)18-6-4-10(5-7-18)14(15,16)17/h2-4,8,19H,5-7H2,1H3. The summed E-state index contributed by atoms with van der Waals surface area (Å²) >= 11 is 0. The van der Waals surface area contributed by atoms with Gasteiger partial charge in [-0.1, -0.05) is 6.08 Å². The lowest BCUT2D eigenvalue weighted by Crippen LogP contribution is -2.37. The van der Waals surface area contributed by atoms with Crippen LogP contribution in [0.2, 0.25) is 0 Å². The molecule has 1 aliphatic heterocycles. The van der Waals surface area contributed by atoms with Crippen molar-refractivity contribution in [2.75, 3.05) is 13.1 Å². The summed E-state index contributed by atoms with van der Waals surface area (Å²) in [7, 11) is 0. The fourth-order valence-corrected chi connectivity index (χ4v) is 2.17. The molecule has 0 unspecified atom stereocenters. The summed E-state index contributed by atoms with van der Waals surface area (Å²) in [4.78, 5) is 13.6. The Kier molecular flexibility index (Phi) is 3.74. The Bertz CT molecular complexity index is 564. The molecule has 0 saturated carbocycles. The number of alkyl halides is 3. The van der Waals surface area contributed by atoms with E-state index in [4.69, 9.17) is 0 Å². The molecule has 1 heterocycles. The fourth-order valence-electron chi connectivity index (χ4n) is 2.17. The Morgan fingerprint density at radius 2 is 2.05 bits per heavy atom. The first kappa shape index (κ1) is 14.4. The third-order valence-corrected chi connectivity index (χ3v) is 3.30. The van der Waals surface area contributed by atoms with Gasteiger partial charge in [0.1, 0.15) is 5.75 Å². The van der Waals surface area contributed by atoms with E-state index >= 15 is 0 Å². The minimum Gasteiger partial charge on any atom is -0.508 e. The molecular formula is C14H14F3NO2. The summed E-state index contributed by atoms with van der Waals surface area (Å²) < 4.78 is 37.5. The smallest absolute Gasteiger partial charge is 0.412 e. The van der Waals surface area contributed by atoms with Crippen LogP contribution in [0, 0.1) is 6.92 Å². The molecule has 0 saturated heterocycles. The first-order valence-corrected chi connectivity index (χ1v) is 6.14. The van der Waals surface area contributed by atoms with E-state index in [1.54, 1.807) is 6.92 Å². The molecule has 0 spiro atoms. The van der Waals surface area contributed by atoms with Crippen molar-refractivity contribution in [3.63, 3.8) is 0 Å². The summed E-state index contributed by atoms with van der Waals surface area (Å²) in [6, 6.07) is 4.32. The van der Waals surface area contributed by atoms with Crippen molar-refractivity contribution in [2.45, 2.75) is 19.5 Å². The number of hydrogen-bond donors (Lipinski definition) is 1. The van der Waals surface area contributed by atoms with Gasteiger partial charge in [0.2, 0.25) is 0 Å². The van der Waals surface area contributed by atoms with Crippen molar-refractivity contribution in [1.29, 1.82) is 0 Å². The maximum atomic E-state index is 12.5. The molecule has 0 radical (unpaired) electrons. The number of hydrogen-bond acceptors (Lipinski definition) is 2. The van der Waals surface area contributed by atoms with Crippen LogP contribution in [0.25, 0.3) is 0 Å². The van der Waals surface area contributed by atoms with E-state index in [0.29, 0.717) is 11.1 Å². The predicted octanol–water partition coefficient (Wildman–Crippen LogP) is 3.04. The van der Waals surface area contributed by atoms with E-state index < -0.39 is 11.7 Å². The highest BCUT2D eigenvalue weighted by atomic mass is 19.4. The highest BCUT2D eigenvalue weighted by Crippen LogP contribution is 2.30. The van der Waals surface area contributed by atoms with Gasteiger partial charge in [0.05, 0.1) is 0 Å². The molecule has 1 aliphatic rings. The van der Waals surface area contributed by atoms with Crippen molar-refractivity contribution >= 4 is 5.91 Å². The number of benzene rings is 1. The van der Waals surface area contributed by atoms with Gasteiger partial charge >= 0.3 is 6.18 Å². The number of aryl methyl sites for hydroxylation is 1. The third-order valence-electron chi connectivity index (χ3n) is 3.30. The molecule has 3 nitrogen and oxygen atoms in total. The second-order valence-corrected chi connectivity index (χ2v) is 4.73. The lowest BCUT2D eigenvalue weighted by atomic mass is 10.0. The summed E-state index contributed by atoms with van der Waals surface area (Å²) in [5.74, 6) is -0.267. The van der Waals surface area contributed by atoms with Crippen molar-refractivity contribution in [3.05, 3.63) is 41.0 Å². The van der Waals surface area contributed by atoms with Gasteiger partial charge in [0, 0.05) is 24.2 Å². The normalized spacial score (nSPS) is 16.0. The van der Waals surface area contributed by atoms with Crippen LogP contribution in [0.1, 0.15) is 22.3 Å². The second-order valence-electron chi connectivity index (χ2n) is 4.73. The molecule has 0 atom stereocenters. The molecule has 0 aliphatic carbocycles. The lowest BCUT2D eigenvalue weighted by Gasteiger charge is -2.27. The first-order valence-electron chi connectivity index (χ1n) is 6.14. The van der Waals surface area contributed by atoms with Crippen LogP contribution in [0.15, 0.2) is 29.8 Å². The predicted molar refractivity (Wildman–Crippen MR) is 67.5 cm³/mol. The number of amides is 1. The SMILES string of the molecule is Cc1cc(O)ccc1C(=O)N1CC=C(C(F)(F)F)CC1. The number of rotatable bonds is 1. The van der Waals surface area contributed by atoms with Crippen molar-refractivity contribution in [2.24, 2.45) is 0 Å². The lowest BCUT2D eigenvalue weighted by molar-refractivity contribution is -0.0957. The van der Waals surface area contributed by atoms with Crippen LogP contribution in [-0.2, 0) is 0 Å². The summed E-state index contributed by atoms with van der Waals surface area (Å²) in [6.07, 6.45) is -3.45. The van der Waals surface area contributed by atoms with Gasteiger partial charge < -0.3 is 10.0 Å². The van der Waals surface area contributed by atoms with E-state index in [-0.39, 0.29) is 31.2 Å². The third kappa shape index (κ3) is 2.95. The van der Waals surface area contributed by atoms with E-state index in [1.807, 2.05) is 0 Å². The fraction of sp³-hybridized carbons (Fsp3) is 0.357. The monoisotopic (exact) mass is 285 g/mol. The maximum Gasteiger partial charge on any atom is 0.412 e. The van der Waals surface area contributed by atoms with Gasteiger partial charge in [0.25, 0.3) is 5.91 Å². The molecule has 0 aromatic heterocycles. The molecule has 20 heavy (non-hydrogen) atoms. The zero-order chi connectivity index (χ0) is 14.9. The molecule has 6 heteroatoms. The van der Waals surface area contributed by atoms with Crippen LogP contribution in [0.3, 0.4) is 0 Å². The topological polar surface area (TPSA) is 40.5 Å². The molecule has 2 rings (SSSR count). The van der Waals surface area contributed by atoms with Gasteiger partial charge in [-0.2, -0.15) is 13.2 Å². The minimum absolute atomic E-state index is 0.0461. The zero-order valence-electron chi connectivity index (χ0n) is 10.9. The van der Waals surface area contributed by atoms with Crippen LogP contribution in [-0.4, -0.2) is 35.2 Å². The number of phenols is 1. The van der Waals surface area contributed by atoms with Gasteiger partial charge in [-0.05, 0) is 37.1 Å². The largest absolute Gasteiger partial charge is 0.508 e. The van der Waals surface area contributed by atoms with Crippen LogP contribution in [0.4, 0.5) is 13.2 Å². The molecule has 108 valence electrons. The highest BCUT2D eigenvalue weighted by Gasteiger charge is 2.35. The molecule has 1 amide bonds. The Labute approximate surface area is 114 Å².